The minimum Gasteiger partial charge on any atom is -0.352 e. The molecular formula is C12H18N2O. The van der Waals surface area contributed by atoms with Gasteiger partial charge in [0.15, 0.2) is 0 Å². The Balaban J connectivity index is 2.60. The molecule has 0 saturated carbocycles. The SMILES string of the molecule is CCC(C)c1ccc(CNC(N)=O)cc1. The average Bonchev–Trinajstić information content (AvgIpc) is 2.26. The Bertz CT molecular complexity index is 319. The topological polar surface area (TPSA) is 55.1 Å². The fourth-order valence-electron chi connectivity index (χ4n) is 1.39. The van der Waals surface area contributed by atoms with Crippen LogP contribution >= 0.6 is 0 Å². The van der Waals surface area contributed by atoms with Gasteiger partial charge in [-0.15, -0.1) is 0 Å². The summed E-state index contributed by atoms with van der Waals surface area (Å²) in [5.41, 5.74) is 7.39. The first kappa shape index (κ1) is 11.6. The minimum absolute atomic E-state index is 0.485. The number of benzene rings is 1. The zero-order valence-electron chi connectivity index (χ0n) is 9.29. The number of amides is 2. The third-order valence-corrected chi connectivity index (χ3v) is 2.63. The fraction of sp³-hybridized carbons (Fsp3) is 0.417. The Morgan fingerprint density at radius 1 is 1.40 bits per heavy atom. The highest BCUT2D eigenvalue weighted by Crippen LogP contribution is 2.18. The summed E-state index contributed by atoms with van der Waals surface area (Å²) in [4.78, 5) is 10.5. The van der Waals surface area contributed by atoms with Gasteiger partial charge in [0.2, 0.25) is 0 Å². The second kappa shape index (κ2) is 5.39. The van der Waals surface area contributed by atoms with Crippen molar-refractivity contribution in [2.45, 2.75) is 32.7 Å². The first-order chi connectivity index (χ1) is 7.13. The summed E-state index contributed by atoms with van der Waals surface area (Å²) in [6.45, 7) is 4.88. The third kappa shape index (κ3) is 3.62. The highest BCUT2D eigenvalue weighted by atomic mass is 16.2. The van der Waals surface area contributed by atoms with Gasteiger partial charge in [0.05, 0.1) is 0 Å². The molecule has 1 unspecified atom stereocenters. The van der Waals surface area contributed by atoms with E-state index >= 15 is 0 Å². The number of primary amides is 1. The molecule has 3 heteroatoms. The normalized spacial score (nSPS) is 12.1. The number of carbonyl (C=O) groups is 1. The van der Waals surface area contributed by atoms with Crippen LogP contribution in [-0.4, -0.2) is 6.03 Å². The molecule has 0 saturated heterocycles. The Morgan fingerprint density at radius 3 is 2.47 bits per heavy atom. The van der Waals surface area contributed by atoms with E-state index in [2.05, 4.69) is 31.3 Å². The third-order valence-electron chi connectivity index (χ3n) is 2.63. The molecule has 0 aliphatic carbocycles. The Hall–Kier alpha value is -1.51. The number of urea groups is 1. The Labute approximate surface area is 90.7 Å². The van der Waals surface area contributed by atoms with E-state index in [4.69, 9.17) is 5.73 Å². The van der Waals surface area contributed by atoms with Crippen LogP contribution in [0.5, 0.6) is 0 Å². The molecular weight excluding hydrogens is 188 g/mol. The van der Waals surface area contributed by atoms with E-state index in [0.717, 1.165) is 12.0 Å². The summed E-state index contributed by atoms with van der Waals surface area (Å²) >= 11 is 0. The second-order valence-corrected chi connectivity index (χ2v) is 3.77. The van der Waals surface area contributed by atoms with Crippen molar-refractivity contribution in [3.63, 3.8) is 0 Å². The van der Waals surface area contributed by atoms with Gasteiger partial charge in [-0.2, -0.15) is 0 Å². The predicted molar refractivity (Wildman–Crippen MR) is 61.6 cm³/mol. The van der Waals surface area contributed by atoms with E-state index in [0.29, 0.717) is 12.5 Å². The lowest BCUT2D eigenvalue weighted by molar-refractivity contribution is 0.248. The van der Waals surface area contributed by atoms with Crippen molar-refractivity contribution in [3.8, 4) is 0 Å². The van der Waals surface area contributed by atoms with E-state index in [9.17, 15) is 4.79 Å². The molecule has 0 aliphatic rings. The summed E-state index contributed by atoms with van der Waals surface area (Å²) in [5.74, 6) is 0.586. The predicted octanol–water partition coefficient (Wildman–Crippen LogP) is 2.37. The van der Waals surface area contributed by atoms with Gasteiger partial charge >= 0.3 is 6.03 Å². The maximum Gasteiger partial charge on any atom is 0.312 e. The number of rotatable bonds is 4. The van der Waals surface area contributed by atoms with Crippen LogP contribution in [0.2, 0.25) is 0 Å². The highest BCUT2D eigenvalue weighted by molar-refractivity contribution is 5.71. The van der Waals surface area contributed by atoms with Gasteiger partial charge in [0, 0.05) is 6.54 Å². The van der Waals surface area contributed by atoms with Crippen LogP contribution in [0.15, 0.2) is 24.3 Å². The smallest absolute Gasteiger partial charge is 0.312 e. The lowest BCUT2D eigenvalue weighted by atomic mass is 9.98. The van der Waals surface area contributed by atoms with Crippen LogP contribution in [0.1, 0.15) is 37.3 Å². The summed E-state index contributed by atoms with van der Waals surface area (Å²) in [6.07, 6.45) is 1.14. The molecule has 82 valence electrons. The zero-order valence-corrected chi connectivity index (χ0v) is 9.29. The summed E-state index contributed by atoms with van der Waals surface area (Å²) in [5, 5.41) is 2.56. The van der Waals surface area contributed by atoms with Crippen molar-refractivity contribution in [1.82, 2.24) is 5.32 Å². The van der Waals surface area contributed by atoms with E-state index in [-0.39, 0.29) is 0 Å². The van der Waals surface area contributed by atoms with E-state index in [1.54, 1.807) is 0 Å². The minimum atomic E-state index is -0.485. The molecule has 1 rings (SSSR count). The number of nitrogens with one attached hydrogen (secondary N) is 1. The molecule has 1 aromatic rings. The highest BCUT2D eigenvalue weighted by Gasteiger charge is 2.02. The van der Waals surface area contributed by atoms with E-state index in [1.807, 2.05) is 12.1 Å². The van der Waals surface area contributed by atoms with Crippen molar-refractivity contribution in [3.05, 3.63) is 35.4 Å². The molecule has 0 fully saturated rings. The summed E-state index contributed by atoms with van der Waals surface area (Å²) in [7, 11) is 0. The molecule has 15 heavy (non-hydrogen) atoms. The van der Waals surface area contributed by atoms with Crippen molar-refractivity contribution < 1.29 is 4.79 Å². The summed E-state index contributed by atoms with van der Waals surface area (Å²) < 4.78 is 0. The van der Waals surface area contributed by atoms with Crippen molar-refractivity contribution in [2.75, 3.05) is 0 Å². The fourth-order valence-corrected chi connectivity index (χ4v) is 1.39. The Morgan fingerprint density at radius 2 is 2.00 bits per heavy atom. The molecule has 0 aromatic heterocycles. The van der Waals surface area contributed by atoms with Crippen molar-refractivity contribution >= 4 is 6.03 Å². The van der Waals surface area contributed by atoms with Gasteiger partial charge in [-0.1, -0.05) is 38.1 Å². The molecule has 0 bridgehead atoms. The molecule has 0 radical (unpaired) electrons. The lowest BCUT2D eigenvalue weighted by Gasteiger charge is -2.09. The van der Waals surface area contributed by atoms with Crippen LogP contribution in [0.4, 0.5) is 4.79 Å². The molecule has 0 spiro atoms. The van der Waals surface area contributed by atoms with Gasteiger partial charge in [-0.05, 0) is 23.5 Å². The Kier molecular flexibility index (Phi) is 4.16. The second-order valence-electron chi connectivity index (χ2n) is 3.77. The number of hydrogen-bond acceptors (Lipinski definition) is 1. The molecule has 1 aromatic carbocycles. The zero-order chi connectivity index (χ0) is 11.3. The molecule has 0 aliphatic heterocycles. The van der Waals surface area contributed by atoms with E-state index < -0.39 is 6.03 Å². The number of carbonyl (C=O) groups excluding carboxylic acids is 1. The molecule has 3 nitrogen and oxygen atoms in total. The molecule has 0 heterocycles. The number of nitrogens with two attached hydrogens (primary N) is 1. The first-order valence-electron chi connectivity index (χ1n) is 5.25. The standard InChI is InChI=1S/C12H18N2O/c1-3-9(2)11-6-4-10(5-7-11)8-14-12(13)15/h4-7,9H,3,8H2,1-2H3,(H3,13,14,15). The van der Waals surface area contributed by atoms with Gasteiger partial charge in [-0.25, -0.2) is 4.79 Å². The molecule has 3 N–H and O–H groups in total. The molecule has 1 atom stereocenters. The lowest BCUT2D eigenvalue weighted by Crippen LogP contribution is -2.28. The number of hydrogen-bond donors (Lipinski definition) is 2. The van der Waals surface area contributed by atoms with Crippen LogP contribution < -0.4 is 11.1 Å². The monoisotopic (exact) mass is 206 g/mol. The average molecular weight is 206 g/mol. The van der Waals surface area contributed by atoms with Crippen molar-refractivity contribution in [2.24, 2.45) is 5.73 Å². The first-order valence-corrected chi connectivity index (χ1v) is 5.25. The molecule has 2 amide bonds. The maximum absolute atomic E-state index is 10.5. The van der Waals surface area contributed by atoms with Crippen LogP contribution in [0, 0.1) is 0 Å². The quantitative estimate of drug-likeness (QED) is 0.780. The van der Waals surface area contributed by atoms with E-state index in [1.165, 1.54) is 5.56 Å². The van der Waals surface area contributed by atoms with Crippen LogP contribution in [0.25, 0.3) is 0 Å². The van der Waals surface area contributed by atoms with Crippen LogP contribution in [-0.2, 0) is 6.54 Å². The largest absolute Gasteiger partial charge is 0.352 e. The summed E-state index contributed by atoms with van der Waals surface area (Å²) in [6, 6.07) is 7.77. The van der Waals surface area contributed by atoms with Gasteiger partial charge in [-0.3, -0.25) is 0 Å². The van der Waals surface area contributed by atoms with Gasteiger partial charge < -0.3 is 11.1 Å². The maximum atomic E-state index is 10.5. The van der Waals surface area contributed by atoms with Gasteiger partial charge in [0.1, 0.15) is 0 Å². The van der Waals surface area contributed by atoms with Crippen molar-refractivity contribution in [1.29, 1.82) is 0 Å². The van der Waals surface area contributed by atoms with Gasteiger partial charge in [0.25, 0.3) is 0 Å². The van der Waals surface area contributed by atoms with Crippen LogP contribution in [0.3, 0.4) is 0 Å².